The summed E-state index contributed by atoms with van der Waals surface area (Å²) in [5, 5.41) is 3.37. The van der Waals surface area contributed by atoms with Crippen LogP contribution in [0.5, 0.6) is 11.5 Å². The second kappa shape index (κ2) is 11.0. The average molecular weight is 404 g/mol. The molecule has 0 aromatic heterocycles. The van der Waals surface area contributed by atoms with Crippen molar-refractivity contribution < 1.29 is 23.8 Å². The highest BCUT2D eigenvalue weighted by Crippen LogP contribution is 2.27. The maximum atomic E-state index is 11.8. The number of ether oxygens (including phenoxy) is 3. The van der Waals surface area contributed by atoms with E-state index in [9.17, 15) is 9.59 Å². The Balaban J connectivity index is 1.73. The van der Waals surface area contributed by atoms with Crippen LogP contribution in [-0.2, 0) is 20.7 Å². The number of carbonyl (C=O) groups is 2. The van der Waals surface area contributed by atoms with Gasteiger partial charge in [-0.05, 0) is 47.9 Å². The summed E-state index contributed by atoms with van der Waals surface area (Å²) in [4.78, 5) is 23.5. The van der Waals surface area contributed by atoms with Crippen molar-refractivity contribution in [1.29, 1.82) is 0 Å². The van der Waals surface area contributed by atoms with Crippen LogP contribution in [0.2, 0.25) is 5.02 Å². The molecular weight excluding hydrogens is 382 g/mol. The molecule has 0 heterocycles. The summed E-state index contributed by atoms with van der Waals surface area (Å²) in [7, 11) is 3.08. The first-order valence-corrected chi connectivity index (χ1v) is 8.97. The Morgan fingerprint density at radius 2 is 1.75 bits per heavy atom. The minimum Gasteiger partial charge on any atom is -0.493 e. The standard InChI is InChI=1S/C21H22ClNO5/c1-26-18-9-5-16(13-19(18)27-2)6-10-21(25)28-14-20(24)23-12-11-15-3-7-17(22)8-4-15/h3-10,13H,11-12,14H2,1-2H3,(H,23,24). The topological polar surface area (TPSA) is 73.9 Å². The normalized spacial score (nSPS) is 10.5. The molecule has 0 aliphatic carbocycles. The number of amides is 1. The molecule has 148 valence electrons. The number of esters is 1. The van der Waals surface area contributed by atoms with Crippen LogP contribution in [0.15, 0.2) is 48.5 Å². The Hall–Kier alpha value is -2.99. The number of methoxy groups -OCH3 is 2. The molecule has 7 heteroatoms. The summed E-state index contributed by atoms with van der Waals surface area (Å²) >= 11 is 5.82. The maximum Gasteiger partial charge on any atom is 0.331 e. The van der Waals surface area contributed by atoms with Gasteiger partial charge in [0.15, 0.2) is 18.1 Å². The predicted octanol–water partition coefficient (Wildman–Crippen LogP) is 3.27. The molecule has 1 N–H and O–H groups in total. The zero-order valence-electron chi connectivity index (χ0n) is 15.7. The lowest BCUT2D eigenvalue weighted by molar-refractivity contribution is -0.143. The number of rotatable bonds is 9. The van der Waals surface area contributed by atoms with Gasteiger partial charge in [-0.15, -0.1) is 0 Å². The molecular formula is C21H22ClNO5. The molecule has 2 rings (SSSR count). The van der Waals surface area contributed by atoms with Crippen LogP contribution in [0.3, 0.4) is 0 Å². The zero-order valence-corrected chi connectivity index (χ0v) is 16.5. The Morgan fingerprint density at radius 1 is 1.04 bits per heavy atom. The van der Waals surface area contributed by atoms with Crippen LogP contribution in [0.1, 0.15) is 11.1 Å². The SMILES string of the molecule is COc1ccc(C=CC(=O)OCC(=O)NCCc2ccc(Cl)cc2)cc1OC. The molecule has 2 aromatic rings. The molecule has 0 spiro atoms. The maximum absolute atomic E-state index is 11.8. The molecule has 0 saturated heterocycles. The van der Waals surface area contributed by atoms with Crippen LogP contribution in [0.25, 0.3) is 6.08 Å². The van der Waals surface area contributed by atoms with Crippen LogP contribution in [0, 0.1) is 0 Å². The van der Waals surface area contributed by atoms with Crippen molar-refractivity contribution in [1.82, 2.24) is 5.32 Å². The molecule has 2 aromatic carbocycles. The van der Waals surface area contributed by atoms with Crippen molar-refractivity contribution in [3.05, 3.63) is 64.7 Å². The van der Waals surface area contributed by atoms with Gasteiger partial charge in [0.1, 0.15) is 0 Å². The smallest absolute Gasteiger partial charge is 0.331 e. The number of nitrogens with one attached hydrogen (secondary N) is 1. The number of hydrogen-bond acceptors (Lipinski definition) is 5. The van der Waals surface area contributed by atoms with Gasteiger partial charge in [0.25, 0.3) is 5.91 Å². The van der Waals surface area contributed by atoms with Crippen LogP contribution >= 0.6 is 11.6 Å². The van der Waals surface area contributed by atoms with Gasteiger partial charge in [0.05, 0.1) is 14.2 Å². The third-order valence-corrected chi connectivity index (χ3v) is 4.07. The molecule has 0 aliphatic heterocycles. The Bertz CT molecular complexity index is 833. The molecule has 0 fully saturated rings. The highest BCUT2D eigenvalue weighted by Gasteiger charge is 2.06. The van der Waals surface area contributed by atoms with Crippen molar-refractivity contribution in [2.24, 2.45) is 0 Å². The van der Waals surface area contributed by atoms with E-state index in [-0.39, 0.29) is 12.5 Å². The van der Waals surface area contributed by atoms with E-state index < -0.39 is 5.97 Å². The molecule has 0 unspecified atom stereocenters. The van der Waals surface area contributed by atoms with Gasteiger partial charge in [-0.3, -0.25) is 4.79 Å². The summed E-state index contributed by atoms with van der Waals surface area (Å²) in [6, 6.07) is 12.6. The van der Waals surface area contributed by atoms with Gasteiger partial charge in [0.2, 0.25) is 0 Å². The summed E-state index contributed by atoms with van der Waals surface area (Å²) in [5.74, 6) is 0.181. The monoisotopic (exact) mass is 403 g/mol. The van der Waals surface area contributed by atoms with Crippen molar-refractivity contribution in [3.8, 4) is 11.5 Å². The van der Waals surface area contributed by atoms with Gasteiger partial charge in [-0.25, -0.2) is 4.79 Å². The fourth-order valence-electron chi connectivity index (χ4n) is 2.35. The largest absolute Gasteiger partial charge is 0.493 e. The van der Waals surface area contributed by atoms with Crippen molar-refractivity contribution in [2.75, 3.05) is 27.4 Å². The van der Waals surface area contributed by atoms with E-state index >= 15 is 0 Å². The number of halogens is 1. The van der Waals surface area contributed by atoms with Gasteiger partial charge in [-0.1, -0.05) is 29.8 Å². The summed E-state index contributed by atoms with van der Waals surface area (Å²) < 4.78 is 15.3. The molecule has 0 radical (unpaired) electrons. The van der Waals surface area contributed by atoms with Gasteiger partial charge < -0.3 is 19.5 Å². The Kier molecular flexibility index (Phi) is 8.37. The molecule has 28 heavy (non-hydrogen) atoms. The Morgan fingerprint density at radius 3 is 2.43 bits per heavy atom. The fraction of sp³-hybridized carbons (Fsp3) is 0.238. The molecule has 6 nitrogen and oxygen atoms in total. The first-order valence-electron chi connectivity index (χ1n) is 8.60. The first-order chi connectivity index (χ1) is 13.5. The number of carbonyl (C=O) groups excluding carboxylic acids is 2. The first kappa shape index (κ1) is 21.3. The lowest BCUT2D eigenvalue weighted by Crippen LogP contribution is -2.30. The highest BCUT2D eigenvalue weighted by molar-refractivity contribution is 6.30. The fourth-order valence-corrected chi connectivity index (χ4v) is 2.48. The van der Waals surface area contributed by atoms with Crippen LogP contribution in [0.4, 0.5) is 0 Å². The second-order valence-corrected chi connectivity index (χ2v) is 6.22. The van der Waals surface area contributed by atoms with Gasteiger partial charge in [-0.2, -0.15) is 0 Å². The summed E-state index contributed by atoms with van der Waals surface area (Å²) in [6.07, 6.45) is 3.49. The molecule has 0 atom stereocenters. The van der Waals surface area contributed by atoms with E-state index in [4.69, 9.17) is 25.8 Å². The third kappa shape index (κ3) is 6.96. The number of benzene rings is 2. The van der Waals surface area contributed by atoms with Crippen molar-refractivity contribution in [3.63, 3.8) is 0 Å². The van der Waals surface area contributed by atoms with E-state index in [1.165, 1.54) is 13.2 Å². The predicted molar refractivity (Wildman–Crippen MR) is 108 cm³/mol. The van der Waals surface area contributed by atoms with E-state index in [1.54, 1.807) is 43.5 Å². The molecule has 0 saturated carbocycles. The van der Waals surface area contributed by atoms with E-state index in [2.05, 4.69) is 5.32 Å². The zero-order chi connectivity index (χ0) is 20.4. The second-order valence-electron chi connectivity index (χ2n) is 5.78. The lowest BCUT2D eigenvalue weighted by Gasteiger charge is -2.07. The lowest BCUT2D eigenvalue weighted by atomic mass is 10.1. The van der Waals surface area contributed by atoms with Crippen molar-refractivity contribution in [2.45, 2.75) is 6.42 Å². The molecule has 0 bridgehead atoms. The minimum absolute atomic E-state index is 0.338. The van der Waals surface area contributed by atoms with Gasteiger partial charge >= 0.3 is 5.97 Å². The highest BCUT2D eigenvalue weighted by atomic mass is 35.5. The average Bonchev–Trinajstić information content (AvgIpc) is 2.71. The number of hydrogen-bond donors (Lipinski definition) is 1. The Labute approximate surface area is 169 Å². The van der Waals surface area contributed by atoms with E-state index in [1.807, 2.05) is 12.1 Å². The quantitative estimate of drug-likeness (QED) is 0.513. The minimum atomic E-state index is -0.609. The van der Waals surface area contributed by atoms with Crippen LogP contribution < -0.4 is 14.8 Å². The third-order valence-electron chi connectivity index (χ3n) is 3.81. The van der Waals surface area contributed by atoms with Crippen molar-refractivity contribution >= 4 is 29.6 Å². The van der Waals surface area contributed by atoms with E-state index in [0.717, 1.165) is 11.1 Å². The van der Waals surface area contributed by atoms with Crippen LogP contribution in [-0.4, -0.2) is 39.2 Å². The molecule has 1 amide bonds. The molecule has 0 aliphatic rings. The summed E-state index contributed by atoms with van der Waals surface area (Å²) in [6.45, 7) is 0.106. The summed E-state index contributed by atoms with van der Waals surface area (Å²) in [5.41, 5.74) is 1.79. The van der Waals surface area contributed by atoms with Gasteiger partial charge in [0, 0.05) is 17.6 Å². The van der Waals surface area contributed by atoms with E-state index in [0.29, 0.717) is 29.5 Å².